The molecule has 0 aromatic heterocycles. The molecule has 1 aromatic carbocycles. The van der Waals surface area contributed by atoms with Gasteiger partial charge in [-0.2, -0.15) is 4.31 Å². The highest BCUT2D eigenvalue weighted by Crippen LogP contribution is 2.33. The fourth-order valence-corrected chi connectivity index (χ4v) is 4.28. The number of nitrogens with two attached hydrogens (primary N) is 1. The van der Waals surface area contributed by atoms with Crippen LogP contribution in [0.2, 0.25) is 0 Å². The van der Waals surface area contributed by atoms with Gasteiger partial charge in [-0.25, -0.2) is 8.42 Å². The van der Waals surface area contributed by atoms with E-state index in [9.17, 15) is 13.2 Å². The van der Waals surface area contributed by atoms with Crippen LogP contribution in [0.4, 0.5) is 0 Å². The third-order valence-electron chi connectivity index (χ3n) is 4.38. The van der Waals surface area contributed by atoms with Crippen molar-refractivity contribution in [1.29, 1.82) is 0 Å². The first-order valence-electron chi connectivity index (χ1n) is 7.83. The van der Waals surface area contributed by atoms with Crippen molar-refractivity contribution in [2.75, 3.05) is 39.4 Å². The molecule has 0 spiro atoms. The molecule has 24 heavy (non-hydrogen) atoms. The average molecular weight is 355 g/mol. The molecule has 1 amide bonds. The SMILES string of the molecule is C[C@H](C(N)=O)N1CCN(S(=O)(=O)c2ccc3c(c2)OCCO3)CC1. The van der Waals surface area contributed by atoms with Gasteiger partial charge in [0.2, 0.25) is 15.9 Å². The van der Waals surface area contributed by atoms with Crippen LogP contribution < -0.4 is 15.2 Å². The van der Waals surface area contributed by atoms with E-state index in [0.717, 1.165) is 0 Å². The second kappa shape index (κ2) is 6.58. The Balaban J connectivity index is 1.74. The smallest absolute Gasteiger partial charge is 0.243 e. The van der Waals surface area contributed by atoms with Gasteiger partial charge in [-0.3, -0.25) is 9.69 Å². The number of rotatable bonds is 4. The Morgan fingerprint density at radius 3 is 2.38 bits per heavy atom. The monoisotopic (exact) mass is 355 g/mol. The van der Waals surface area contributed by atoms with Crippen molar-refractivity contribution in [3.63, 3.8) is 0 Å². The summed E-state index contributed by atoms with van der Waals surface area (Å²) in [6, 6.07) is 4.25. The maximum atomic E-state index is 12.8. The molecule has 1 aromatic rings. The highest BCUT2D eigenvalue weighted by atomic mass is 32.2. The first-order chi connectivity index (χ1) is 11.4. The minimum Gasteiger partial charge on any atom is -0.486 e. The fourth-order valence-electron chi connectivity index (χ4n) is 2.84. The molecule has 1 atom stereocenters. The van der Waals surface area contributed by atoms with Crippen molar-refractivity contribution < 1.29 is 22.7 Å². The van der Waals surface area contributed by atoms with Crippen LogP contribution in [0.15, 0.2) is 23.1 Å². The third kappa shape index (κ3) is 3.19. The second-order valence-corrected chi connectivity index (χ2v) is 7.76. The normalized spacial score (nSPS) is 20.5. The van der Waals surface area contributed by atoms with E-state index in [1.165, 1.54) is 16.4 Å². The van der Waals surface area contributed by atoms with Gasteiger partial charge in [0.15, 0.2) is 11.5 Å². The van der Waals surface area contributed by atoms with Crippen molar-refractivity contribution in [2.24, 2.45) is 5.73 Å². The summed E-state index contributed by atoms with van der Waals surface area (Å²) >= 11 is 0. The summed E-state index contributed by atoms with van der Waals surface area (Å²) in [5.74, 6) is 0.599. The van der Waals surface area contributed by atoms with E-state index in [1.807, 2.05) is 4.90 Å². The molecule has 9 heteroatoms. The van der Waals surface area contributed by atoms with E-state index in [1.54, 1.807) is 13.0 Å². The Morgan fingerprint density at radius 1 is 1.12 bits per heavy atom. The van der Waals surface area contributed by atoms with E-state index >= 15 is 0 Å². The standard InChI is InChI=1S/C15H21N3O5S/c1-11(15(16)19)17-4-6-18(7-5-17)24(20,21)12-2-3-13-14(10-12)23-9-8-22-13/h2-3,10-11H,4-9H2,1H3,(H2,16,19)/t11-/m1/s1. The summed E-state index contributed by atoms with van der Waals surface area (Å²) in [5.41, 5.74) is 5.30. The third-order valence-corrected chi connectivity index (χ3v) is 6.28. The van der Waals surface area contributed by atoms with E-state index in [0.29, 0.717) is 50.9 Å². The highest BCUT2D eigenvalue weighted by Gasteiger charge is 2.32. The summed E-state index contributed by atoms with van der Waals surface area (Å²) in [7, 11) is -3.61. The molecular formula is C15H21N3O5S. The number of carbonyl (C=O) groups excluding carboxylic acids is 1. The number of primary amides is 1. The van der Waals surface area contributed by atoms with Gasteiger partial charge in [0.25, 0.3) is 0 Å². The Bertz CT molecular complexity index is 729. The number of ether oxygens (including phenoxy) is 2. The number of fused-ring (bicyclic) bond motifs is 1. The van der Waals surface area contributed by atoms with E-state index < -0.39 is 22.0 Å². The highest BCUT2D eigenvalue weighted by molar-refractivity contribution is 7.89. The minimum atomic E-state index is -3.61. The lowest BCUT2D eigenvalue weighted by atomic mass is 10.2. The number of piperazine rings is 1. The zero-order chi connectivity index (χ0) is 17.3. The first kappa shape index (κ1) is 17.0. The summed E-state index contributed by atoms with van der Waals surface area (Å²) in [4.78, 5) is 13.3. The zero-order valence-corrected chi connectivity index (χ0v) is 14.3. The zero-order valence-electron chi connectivity index (χ0n) is 13.5. The number of hydrogen-bond donors (Lipinski definition) is 1. The Labute approximate surface area is 141 Å². The Kier molecular flexibility index (Phi) is 4.66. The van der Waals surface area contributed by atoms with Gasteiger partial charge in [0, 0.05) is 32.2 Å². The van der Waals surface area contributed by atoms with E-state index in [-0.39, 0.29) is 4.90 Å². The van der Waals surface area contributed by atoms with Crippen LogP contribution in [0, 0.1) is 0 Å². The molecule has 0 radical (unpaired) electrons. The maximum absolute atomic E-state index is 12.8. The van der Waals surface area contributed by atoms with E-state index in [2.05, 4.69) is 0 Å². The molecule has 2 N–H and O–H groups in total. The fraction of sp³-hybridized carbons (Fsp3) is 0.533. The first-order valence-corrected chi connectivity index (χ1v) is 9.27. The number of amides is 1. The Hall–Kier alpha value is -1.84. The van der Waals surface area contributed by atoms with Crippen molar-refractivity contribution in [3.8, 4) is 11.5 Å². The van der Waals surface area contributed by atoms with Gasteiger partial charge in [-0.05, 0) is 19.1 Å². The van der Waals surface area contributed by atoms with Gasteiger partial charge in [-0.15, -0.1) is 0 Å². The molecule has 0 saturated carbocycles. The number of hydrogen-bond acceptors (Lipinski definition) is 6. The molecule has 8 nitrogen and oxygen atoms in total. The van der Waals surface area contributed by atoms with Gasteiger partial charge in [0.1, 0.15) is 13.2 Å². The quantitative estimate of drug-likeness (QED) is 0.791. The summed E-state index contributed by atoms with van der Waals surface area (Å²) in [6.45, 7) is 4.15. The van der Waals surface area contributed by atoms with Crippen molar-refractivity contribution in [3.05, 3.63) is 18.2 Å². The molecule has 0 unspecified atom stereocenters. The van der Waals surface area contributed by atoms with Crippen LogP contribution in [0.1, 0.15) is 6.92 Å². The molecule has 2 heterocycles. The Morgan fingerprint density at radius 2 is 1.75 bits per heavy atom. The summed E-state index contributed by atoms with van der Waals surface area (Å²) in [5, 5.41) is 0. The molecule has 1 fully saturated rings. The van der Waals surface area contributed by atoms with Gasteiger partial charge in [-0.1, -0.05) is 0 Å². The number of carbonyl (C=O) groups is 1. The van der Waals surface area contributed by atoms with E-state index in [4.69, 9.17) is 15.2 Å². The summed E-state index contributed by atoms with van der Waals surface area (Å²) in [6.07, 6.45) is 0. The van der Waals surface area contributed by atoms with Gasteiger partial charge >= 0.3 is 0 Å². The van der Waals surface area contributed by atoms with Crippen LogP contribution in [0.5, 0.6) is 11.5 Å². The second-order valence-electron chi connectivity index (χ2n) is 5.82. The number of benzene rings is 1. The summed E-state index contributed by atoms with van der Waals surface area (Å²) < 4.78 is 37.9. The predicted molar refractivity (Wildman–Crippen MR) is 86.4 cm³/mol. The van der Waals surface area contributed by atoms with Gasteiger partial charge in [0.05, 0.1) is 10.9 Å². The van der Waals surface area contributed by atoms with Gasteiger partial charge < -0.3 is 15.2 Å². The number of nitrogens with zero attached hydrogens (tertiary/aromatic N) is 2. The molecule has 3 rings (SSSR count). The van der Waals surface area contributed by atoms with Crippen LogP contribution >= 0.6 is 0 Å². The van der Waals surface area contributed by atoms with Crippen molar-refractivity contribution >= 4 is 15.9 Å². The topological polar surface area (TPSA) is 102 Å². The lowest BCUT2D eigenvalue weighted by Crippen LogP contribution is -2.54. The average Bonchev–Trinajstić information content (AvgIpc) is 2.60. The predicted octanol–water partition coefficient (Wildman–Crippen LogP) is -0.362. The van der Waals surface area contributed by atoms with Crippen molar-refractivity contribution in [2.45, 2.75) is 17.9 Å². The van der Waals surface area contributed by atoms with Crippen LogP contribution in [0.25, 0.3) is 0 Å². The van der Waals surface area contributed by atoms with Crippen LogP contribution in [-0.2, 0) is 14.8 Å². The molecule has 1 saturated heterocycles. The largest absolute Gasteiger partial charge is 0.486 e. The molecule has 2 aliphatic rings. The van der Waals surface area contributed by atoms with Crippen LogP contribution in [-0.4, -0.2) is 69.0 Å². The lowest BCUT2D eigenvalue weighted by molar-refractivity contribution is -0.123. The molecule has 0 aliphatic carbocycles. The molecule has 0 bridgehead atoms. The molecular weight excluding hydrogens is 334 g/mol. The van der Waals surface area contributed by atoms with Crippen molar-refractivity contribution in [1.82, 2.24) is 9.21 Å². The molecule has 132 valence electrons. The van der Waals surface area contributed by atoms with Crippen LogP contribution in [0.3, 0.4) is 0 Å². The number of sulfonamides is 1. The lowest BCUT2D eigenvalue weighted by Gasteiger charge is -2.36. The minimum absolute atomic E-state index is 0.183. The maximum Gasteiger partial charge on any atom is 0.243 e. The molecule has 2 aliphatic heterocycles.